The van der Waals surface area contributed by atoms with Crippen LogP contribution in [0.25, 0.3) is 10.2 Å². The minimum Gasteiger partial charge on any atom is -0.380 e. The van der Waals surface area contributed by atoms with E-state index in [1.807, 2.05) is 6.20 Å². The molecule has 0 bridgehead atoms. The van der Waals surface area contributed by atoms with Gasteiger partial charge in [-0.2, -0.15) is 0 Å². The highest BCUT2D eigenvalue weighted by molar-refractivity contribution is 7.17. The van der Waals surface area contributed by atoms with Crippen molar-refractivity contribution < 1.29 is 0 Å². The lowest BCUT2D eigenvalue weighted by atomic mass is 10.2. The molecule has 1 aliphatic heterocycles. The standard InChI is InChI=1S/C15H22N4S/c1-12(11-19-8-6-18(2)7-9-19)17-14-3-5-16-13-4-10-20-15(13)14/h3-5,10,12H,6-9,11H2,1-2H3,(H,16,17). The van der Waals surface area contributed by atoms with Crippen LogP contribution in [-0.2, 0) is 0 Å². The molecule has 1 N–H and O–H groups in total. The second kappa shape index (κ2) is 6.08. The Hall–Kier alpha value is -1.17. The molecule has 0 spiro atoms. The lowest BCUT2D eigenvalue weighted by molar-refractivity contribution is 0.151. The van der Waals surface area contributed by atoms with Crippen LogP contribution in [0.5, 0.6) is 0 Å². The monoisotopic (exact) mass is 290 g/mol. The smallest absolute Gasteiger partial charge is 0.0830 e. The topological polar surface area (TPSA) is 31.4 Å². The first-order valence-corrected chi connectivity index (χ1v) is 8.10. The molecule has 0 saturated carbocycles. The quantitative estimate of drug-likeness (QED) is 0.936. The molecule has 1 saturated heterocycles. The highest BCUT2D eigenvalue weighted by atomic mass is 32.1. The van der Waals surface area contributed by atoms with Gasteiger partial charge in [-0.3, -0.25) is 9.88 Å². The first-order chi connectivity index (χ1) is 9.72. The average molecular weight is 290 g/mol. The molecule has 0 radical (unpaired) electrons. The average Bonchev–Trinajstić information content (AvgIpc) is 2.91. The molecule has 1 fully saturated rings. The van der Waals surface area contributed by atoms with Crippen molar-refractivity contribution in [2.75, 3.05) is 45.1 Å². The molecule has 1 aliphatic rings. The van der Waals surface area contributed by atoms with Crippen LogP contribution in [0, 0.1) is 0 Å². The highest BCUT2D eigenvalue weighted by Crippen LogP contribution is 2.27. The number of nitrogens with zero attached hydrogens (tertiary/aromatic N) is 3. The van der Waals surface area contributed by atoms with E-state index < -0.39 is 0 Å². The molecule has 3 rings (SSSR count). The van der Waals surface area contributed by atoms with Crippen molar-refractivity contribution in [1.29, 1.82) is 0 Å². The number of hydrogen-bond donors (Lipinski definition) is 1. The molecule has 2 aromatic heterocycles. The number of thiophene rings is 1. The fourth-order valence-corrected chi connectivity index (χ4v) is 3.54. The predicted molar refractivity (Wildman–Crippen MR) is 86.6 cm³/mol. The van der Waals surface area contributed by atoms with Gasteiger partial charge in [0.05, 0.1) is 15.9 Å². The van der Waals surface area contributed by atoms with Crippen molar-refractivity contribution in [3.05, 3.63) is 23.7 Å². The summed E-state index contributed by atoms with van der Waals surface area (Å²) in [6, 6.07) is 4.61. The van der Waals surface area contributed by atoms with E-state index in [-0.39, 0.29) is 0 Å². The van der Waals surface area contributed by atoms with E-state index in [9.17, 15) is 0 Å². The van der Waals surface area contributed by atoms with Crippen molar-refractivity contribution >= 4 is 27.2 Å². The van der Waals surface area contributed by atoms with Crippen LogP contribution < -0.4 is 5.32 Å². The summed E-state index contributed by atoms with van der Waals surface area (Å²) < 4.78 is 1.26. The van der Waals surface area contributed by atoms with Gasteiger partial charge in [0, 0.05) is 45.0 Å². The van der Waals surface area contributed by atoms with Crippen molar-refractivity contribution in [3.8, 4) is 0 Å². The van der Waals surface area contributed by atoms with E-state index >= 15 is 0 Å². The molecule has 20 heavy (non-hydrogen) atoms. The summed E-state index contributed by atoms with van der Waals surface area (Å²) in [5, 5.41) is 5.75. The number of piperazine rings is 1. The molecule has 0 aliphatic carbocycles. The van der Waals surface area contributed by atoms with E-state index in [1.165, 1.54) is 36.6 Å². The third kappa shape index (κ3) is 3.11. The molecule has 5 heteroatoms. The SMILES string of the molecule is CC(CN1CCN(C)CC1)Nc1ccnc2ccsc12. The van der Waals surface area contributed by atoms with Crippen LogP contribution in [0.2, 0.25) is 0 Å². The number of likely N-dealkylation sites (N-methyl/N-ethyl adjacent to an activating group) is 1. The number of fused-ring (bicyclic) bond motifs is 1. The minimum absolute atomic E-state index is 0.450. The van der Waals surface area contributed by atoms with Gasteiger partial charge < -0.3 is 10.2 Å². The number of nitrogens with one attached hydrogen (secondary N) is 1. The predicted octanol–water partition coefficient (Wildman–Crippen LogP) is 2.34. The lowest BCUT2D eigenvalue weighted by Gasteiger charge is -2.34. The minimum atomic E-state index is 0.450. The maximum Gasteiger partial charge on any atom is 0.0830 e. The Labute approximate surface area is 124 Å². The van der Waals surface area contributed by atoms with Crippen molar-refractivity contribution in [2.45, 2.75) is 13.0 Å². The highest BCUT2D eigenvalue weighted by Gasteiger charge is 2.16. The molecule has 3 heterocycles. The normalized spacial score (nSPS) is 19.3. The number of rotatable bonds is 4. The van der Waals surface area contributed by atoms with Crippen molar-refractivity contribution in [3.63, 3.8) is 0 Å². The lowest BCUT2D eigenvalue weighted by Crippen LogP contribution is -2.47. The molecule has 0 amide bonds. The summed E-state index contributed by atoms with van der Waals surface area (Å²) in [5.41, 5.74) is 2.30. The van der Waals surface area contributed by atoms with Gasteiger partial charge in [-0.25, -0.2) is 0 Å². The number of hydrogen-bond acceptors (Lipinski definition) is 5. The second-order valence-electron chi connectivity index (χ2n) is 5.64. The molecule has 2 aromatic rings. The fourth-order valence-electron chi connectivity index (χ4n) is 2.72. The van der Waals surface area contributed by atoms with Crippen LogP contribution in [0.15, 0.2) is 23.7 Å². The second-order valence-corrected chi connectivity index (χ2v) is 6.56. The van der Waals surface area contributed by atoms with Gasteiger partial charge in [-0.1, -0.05) is 0 Å². The summed E-state index contributed by atoms with van der Waals surface area (Å²) in [5.74, 6) is 0. The Kier molecular flexibility index (Phi) is 4.19. The zero-order chi connectivity index (χ0) is 13.9. The largest absolute Gasteiger partial charge is 0.380 e. The number of aromatic nitrogens is 1. The number of pyridine rings is 1. The zero-order valence-corrected chi connectivity index (χ0v) is 13.0. The summed E-state index contributed by atoms with van der Waals surface area (Å²) in [4.78, 5) is 9.33. The van der Waals surface area contributed by atoms with Crippen molar-refractivity contribution in [2.24, 2.45) is 0 Å². The van der Waals surface area contributed by atoms with Gasteiger partial charge in [-0.05, 0) is 31.5 Å². The van der Waals surface area contributed by atoms with Crippen LogP contribution >= 0.6 is 11.3 Å². The Morgan fingerprint density at radius 1 is 1.30 bits per heavy atom. The van der Waals surface area contributed by atoms with Crippen LogP contribution in [0.3, 0.4) is 0 Å². The van der Waals surface area contributed by atoms with Gasteiger partial charge >= 0.3 is 0 Å². The van der Waals surface area contributed by atoms with Crippen LogP contribution in [-0.4, -0.2) is 60.6 Å². The van der Waals surface area contributed by atoms with E-state index in [2.05, 4.69) is 51.6 Å². The Balaban J connectivity index is 1.61. The Morgan fingerprint density at radius 2 is 2.10 bits per heavy atom. The number of anilines is 1. The van der Waals surface area contributed by atoms with Gasteiger partial charge in [0.1, 0.15) is 0 Å². The van der Waals surface area contributed by atoms with E-state index in [4.69, 9.17) is 0 Å². The molecular weight excluding hydrogens is 268 g/mol. The summed E-state index contributed by atoms with van der Waals surface area (Å²) >= 11 is 1.76. The maximum atomic E-state index is 4.39. The third-order valence-corrected chi connectivity index (χ3v) is 4.81. The summed E-state index contributed by atoms with van der Waals surface area (Å²) in [6.07, 6.45) is 1.89. The van der Waals surface area contributed by atoms with E-state index in [0.29, 0.717) is 6.04 Å². The van der Waals surface area contributed by atoms with Gasteiger partial charge in [0.2, 0.25) is 0 Å². The van der Waals surface area contributed by atoms with E-state index in [1.54, 1.807) is 11.3 Å². The maximum absolute atomic E-state index is 4.39. The van der Waals surface area contributed by atoms with Crippen LogP contribution in [0.1, 0.15) is 6.92 Å². The fraction of sp³-hybridized carbons (Fsp3) is 0.533. The first kappa shape index (κ1) is 13.8. The van der Waals surface area contributed by atoms with E-state index in [0.717, 1.165) is 12.1 Å². The Bertz CT molecular complexity index is 560. The molecule has 108 valence electrons. The molecule has 1 atom stereocenters. The molecule has 0 aromatic carbocycles. The first-order valence-electron chi connectivity index (χ1n) is 7.22. The zero-order valence-electron chi connectivity index (χ0n) is 12.2. The molecule has 1 unspecified atom stereocenters. The molecular formula is C15H22N4S. The summed E-state index contributed by atoms with van der Waals surface area (Å²) in [7, 11) is 2.20. The van der Waals surface area contributed by atoms with Crippen molar-refractivity contribution in [1.82, 2.24) is 14.8 Å². The van der Waals surface area contributed by atoms with Gasteiger partial charge in [0.15, 0.2) is 0 Å². The summed E-state index contributed by atoms with van der Waals surface area (Å²) in [6.45, 7) is 8.07. The third-order valence-electron chi connectivity index (χ3n) is 3.87. The van der Waals surface area contributed by atoms with Gasteiger partial charge in [0.25, 0.3) is 0 Å². The van der Waals surface area contributed by atoms with Crippen LogP contribution in [0.4, 0.5) is 5.69 Å². The Morgan fingerprint density at radius 3 is 2.90 bits per heavy atom. The molecule has 4 nitrogen and oxygen atoms in total. The van der Waals surface area contributed by atoms with Gasteiger partial charge in [-0.15, -0.1) is 11.3 Å².